The minimum Gasteiger partial charge on any atom is -0.370 e. The van der Waals surface area contributed by atoms with Gasteiger partial charge in [-0.1, -0.05) is 13.3 Å². The van der Waals surface area contributed by atoms with E-state index < -0.39 is 0 Å². The van der Waals surface area contributed by atoms with E-state index in [1.54, 1.807) is 0 Å². The van der Waals surface area contributed by atoms with E-state index in [2.05, 4.69) is 25.2 Å². The maximum absolute atomic E-state index is 5.97. The summed E-state index contributed by atoms with van der Waals surface area (Å²) in [6.07, 6.45) is 7.07. The number of hydrogen-bond donors (Lipinski definition) is 1. The fourth-order valence-corrected chi connectivity index (χ4v) is 3.51. The number of rotatable bonds is 5. The number of hydrogen-bond acceptors (Lipinski definition) is 4. The molecule has 1 aromatic rings. The number of ether oxygens (including phenoxy) is 1. The zero-order valence-corrected chi connectivity index (χ0v) is 13.5. The SMILES string of the molecule is CCNc1cc(C2CC2)nc(C2(OC)CCCC(C)C2)n1. The summed E-state index contributed by atoms with van der Waals surface area (Å²) in [5.41, 5.74) is 0.915. The minimum atomic E-state index is -0.285. The average molecular weight is 289 g/mol. The molecule has 2 aliphatic carbocycles. The van der Waals surface area contributed by atoms with Gasteiger partial charge < -0.3 is 10.1 Å². The normalized spacial score (nSPS) is 29.4. The molecule has 0 bridgehead atoms. The Morgan fingerprint density at radius 3 is 2.76 bits per heavy atom. The third-order valence-corrected chi connectivity index (χ3v) is 4.85. The van der Waals surface area contributed by atoms with Crippen molar-refractivity contribution in [2.75, 3.05) is 19.0 Å². The van der Waals surface area contributed by atoms with Crippen LogP contribution in [0.25, 0.3) is 0 Å². The Labute approximate surface area is 127 Å². The van der Waals surface area contributed by atoms with Crippen LogP contribution in [0.5, 0.6) is 0 Å². The Morgan fingerprint density at radius 1 is 1.33 bits per heavy atom. The van der Waals surface area contributed by atoms with E-state index in [1.165, 1.54) is 31.4 Å². The Morgan fingerprint density at radius 2 is 2.14 bits per heavy atom. The van der Waals surface area contributed by atoms with Crippen molar-refractivity contribution in [3.63, 3.8) is 0 Å². The predicted molar refractivity (Wildman–Crippen MR) is 84.5 cm³/mol. The molecule has 1 heterocycles. The van der Waals surface area contributed by atoms with Gasteiger partial charge in [0.05, 0.1) is 0 Å². The number of nitrogens with zero attached hydrogens (tertiary/aromatic N) is 2. The summed E-state index contributed by atoms with van der Waals surface area (Å²) in [7, 11) is 1.82. The van der Waals surface area contributed by atoms with Crippen LogP contribution in [0, 0.1) is 5.92 Å². The standard InChI is InChI=1S/C17H27N3O/c1-4-18-15-10-14(13-7-8-13)19-16(20-15)17(21-3)9-5-6-12(2)11-17/h10,12-13H,4-9,11H2,1-3H3,(H,18,19,20). The van der Waals surface area contributed by atoms with Gasteiger partial charge in [-0.3, -0.25) is 0 Å². The number of aromatic nitrogens is 2. The highest BCUT2D eigenvalue weighted by atomic mass is 16.5. The van der Waals surface area contributed by atoms with Crippen molar-refractivity contribution in [2.45, 2.75) is 63.9 Å². The molecule has 4 heteroatoms. The van der Waals surface area contributed by atoms with Crippen molar-refractivity contribution >= 4 is 5.82 Å². The Balaban J connectivity index is 1.98. The molecule has 2 atom stereocenters. The van der Waals surface area contributed by atoms with E-state index in [0.717, 1.165) is 31.0 Å². The molecule has 116 valence electrons. The number of nitrogens with one attached hydrogen (secondary N) is 1. The van der Waals surface area contributed by atoms with Crippen molar-refractivity contribution in [1.29, 1.82) is 0 Å². The van der Waals surface area contributed by atoms with Crippen LogP contribution in [0.3, 0.4) is 0 Å². The van der Waals surface area contributed by atoms with Crippen molar-refractivity contribution in [1.82, 2.24) is 9.97 Å². The van der Waals surface area contributed by atoms with Gasteiger partial charge in [0, 0.05) is 31.3 Å². The third-order valence-electron chi connectivity index (χ3n) is 4.85. The van der Waals surface area contributed by atoms with Gasteiger partial charge in [-0.15, -0.1) is 0 Å². The molecule has 4 nitrogen and oxygen atoms in total. The highest BCUT2D eigenvalue weighted by Gasteiger charge is 2.40. The first-order chi connectivity index (χ1) is 10.2. The van der Waals surface area contributed by atoms with Crippen molar-refractivity contribution < 1.29 is 4.74 Å². The van der Waals surface area contributed by atoms with Gasteiger partial charge in [-0.2, -0.15) is 0 Å². The second-order valence-electron chi connectivity index (χ2n) is 6.71. The molecule has 2 saturated carbocycles. The molecule has 0 saturated heterocycles. The van der Waals surface area contributed by atoms with Gasteiger partial charge in [0.1, 0.15) is 11.4 Å². The molecule has 2 fully saturated rings. The zero-order chi connectivity index (χ0) is 14.9. The summed E-state index contributed by atoms with van der Waals surface area (Å²) < 4.78 is 5.97. The minimum absolute atomic E-state index is 0.285. The smallest absolute Gasteiger partial charge is 0.162 e. The zero-order valence-electron chi connectivity index (χ0n) is 13.5. The largest absolute Gasteiger partial charge is 0.370 e. The van der Waals surface area contributed by atoms with Gasteiger partial charge in [-0.25, -0.2) is 9.97 Å². The molecule has 0 radical (unpaired) electrons. The Kier molecular flexibility index (Phi) is 4.16. The van der Waals surface area contributed by atoms with Gasteiger partial charge in [0.25, 0.3) is 0 Å². The second kappa shape index (κ2) is 5.91. The Hall–Kier alpha value is -1.16. The van der Waals surface area contributed by atoms with Crippen molar-refractivity contribution in [3.8, 4) is 0 Å². The topological polar surface area (TPSA) is 47.0 Å². The number of methoxy groups -OCH3 is 1. The first-order valence-electron chi connectivity index (χ1n) is 8.35. The highest BCUT2D eigenvalue weighted by Crippen LogP contribution is 2.44. The molecule has 3 rings (SSSR count). The number of anilines is 1. The summed E-state index contributed by atoms with van der Waals surface area (Å²) >= 11 is 0. The van der Waals surface area contributed by atoms with Crippen LogP contribution in [0.1, 0.15) is 69.8 Å². The summed E-state index contributed by atoms with van der Waals surface area (Å²) in [4.78, 5) is 9.69. The molecule has 2 aliphatic rings. The van der Waals surface area contributed by atoms with Crippen LogP contribution in [-0.4, -0.2) is 23.6 Å². The van der Waals surface area contributed by atoms with Crippen LogP contribution in [0.4, 0.5) is 5.82 Å². The van der Waals surface area contributed by atoms with E-state index in [1.807, 2.05) is 7.11 Å². The summed E-state index contributed by atoms with van der Waals surface area (Å²) in [5, 5.41) is 3.36. The summed E-state index contributed by atoms with van der Waals surface area (Å²) in [5.74, 6) is 3.17. The average Bonchev–Trinajstić information content (AvgIpc) is 3.32. The second-order valence-corrected chi connectivity index (χ2v) is 6.71. The summed E-state index contributed by atoms with van der Waals surface area (Å²) in [6, 6.07) is 2.13. The molecule has 0 aliphatic heterocycles. The van der Waals surface area contributed by atoms with E-state index in [9.17, 15) is 0 Å². The molecule has 21 heavy (non-hydrogen) atoms. The molecule has 1 aromatic heterocycles. The van der Waals surface area contributed by atoms with Crippen molar-refractivity contribution in [2.24, 2.45) is 5.92 Å². The lowest BCUT2D eigenvalue weighted by Gasteiger charge is -2.37. The maximum Gasteiger partial charge on any atom is 0.162 e. The first kappa shape index (κ1) is 14.8. The lowest BCUT2D eigenvalue weighted by atomic mass is 9.78. The molecule has 0 aromatic carbocycles. The van der Waals surface area contributed by atoms with E-state index in [-0.39, 0.29) is 5.60 Å². The molecule has 1 N–H and O–H groups in total. The van der Waals surface area contributed by atoms with Gasteiger partial charge in [0.2, 0.25) is 0 Å². The fourth-order valence-electron chi connectivity index (χ4n) is 3.51. The molecular formula is C17H27N3O. The molecule has 0 spiro atoms. The van der Waals surface area contributed by atoms with Gasteiger partial charge in [0.15, 0.2) is 5.82 Å². The molecular weight excluding hydrogens is 262 g/mol. The van der Waals surface area contributed by atoms with E-state index in [0.29, 0.717) is 11.8 Å². The van der Waals surface area contributed by atoms with E-state index in [4.69, 9.17) is 14.7 Å². The predicted octanol–water partition coefficient (Wildman–Crippen LogP) is 3.84. The molecule has 2 unspecified atom stereocenters. The monoisotopic (exact) mass is 289 g/mol. The first-order valence-corrected chi connectivity index (χ1v) is 8.35. The van der Waals surface area contributed by atoms with Gasteiger partial charge >= 0.3 is 0 Å². The lowest BCUT2D eigenvalue weighted by Crippen LogP contribution is -2.36. The highest BCUT2D eigenvalue weighted by molar-refractivity contribution is 5.39. The van der Waals surface area contributed by atoms with Crippen molar-refractivity contribution in [3.05, 3.63) is 17.6 Å². The fraction of sp³-hybridized carbons (Fsp3) is 0.765. The Bertz CT molecular complexity index is 501. The summed E-state index contributed by atoms with van der Waals surface area (Å²) in [6.45, 7) is 5.30. The maximum atomic E-state index is 5.97. The third kappa shape index (κ3) is 3.05. The van der Waals surface area contributed by atoms with E-state index >= 15 is 0 Å². The van der Waals surface area contributed by atoms with Gasteiger partial charge in [-0.05, 0) is 44.9 Å². The van der Waals surface area contributed by atoms with Crippen LogP contribution in [0.15, 0.2) is 6.07 Å². The van der Waals surface area contributed by atoms with Crippen LogP contribution in [-0.2, 0) is 10.3 Å². The van der Waals surface area contributed by atoms with Crippen LogP contribution in [0.2, 0.25) is 0 Å². The quantitative estimate of drug-likeness (QED) is 0.894. The van der Waals surface area contributed by atoms with Crippen LogP contribution >= 0.6 is 0 Å². The lowest BCUT2D eigenvalue weighted by molar-refractivity contribution is -0.0646. The molecule has 0 amide bonds. The van der Waals surface area contributed by atoms with Crippen LogP contribution < -0.4 is 5.32 Å².